The fourth-order valence-electron chi connectivity index (χ4n) is 1.95. The molecule has 0 radical (unpaired) electrons. The summed E-state index contributed by atoms with van der Waals surface area (Å²) in [4.78, 5) is 10.9. The van der Waals surface area contributed by atoms with E-state index in [1.165, 1.54) is 0 Å². The lowest BCUT2D eigenvalue weighted by molar-refractivity contribution is -0.141. The molecule has 5 heteroatoms. The van der Waals surface area contributed by atoms with E-state index in [0.717, 1.165) is 18.5 Å². The molecular weight excluding hydrogens is 258 g/mol. The molecule has 0 unspecified atom stereocenters. The summed E-state index contributed by atoms with van der Waals surface area (Å²) in [5.41, 5.74) is 1.12. The third kappa shape index (κ3) is 4.74. The molecule has 0 spiro atoms. The van der Waals surface area contributed by atoms with Crippen LogP contribution in [0.25, 0.3) is 0 Å². The number of hydrogen-bond donors (Lipinski definition) is 2. The molecule has 20 heavy (non-hydrogen) atoms. The highest BCUT2D eigenvalue weighted by molar-refractivity contribution is 5.70. The van der Waals surface area contributed by atoms with Crippen molar-refractivity contribution in [2.75, 3.05) is 27.3 Å². The fourth-order valence-corrected chi connectivity index (χ4v) is 1.95. The van der Waals surface area contributed by atoms with Gasteiger partial charge in [-0.25, -0.2) is 0 Å². The molecule has 1 aromatic rings. The second-order valence-electron chi connectivity index (χ2n) is 4.59. The molecule has 0 saturated heterocycles. The third-order valence-corrected chi connectivity index (χ3v) is 3.27. The Labute approximate surface area is 119 Å². The van der Waals surface area contributed by atoms with E-state index in [1.54, 1.807) is 14.2 Å². The SMILES string of the molecule is CC[C@H](CNCCc1ccc(OC)c(OC)c1)C(=O)O. The Balaban J connectivity index is 2.44. The van der Waals surface area contributed by atoms with Crippen LogP contribution in [0.5, 0.6) is 11.5 Å². The summed E-state index contributed by atoms with van der Waals surface area (Å²) in [5, 5.41) is 12.1. The number of ether oxygens (including phenoxy) is 2. The molecule has 5 nitrogen and oxygen atoms in total. The van der Waals surface area contributed by atoms with E-state index in [4.69, 9.17) is 14.6 Å². The van der Waals surface area contributed by atoms with Crippen LogP contribution in [-0.4, -0.2) is 38.4 Å². The minimum atomic E-state index is -0.744. The molecular formula is C15H23NO4. The monoisotopic (exact) mass is 281 g/mol. The topological polar surface area (TPSA) is 67.8 Å². The minimum absolute atomic E-state index is 0.319. The second-order valence-corrected chi connectivity index (χ2v) is 4.59. The molecule has 0 aliphatic heterocycles. The lowest BCUT2D eigenvalue weighted by Crippen LogP contribution is -2.29. The molecule has 1 atom stereocenters. The first-order chi connectivity index (χ1) is 9.62. The summed E-state index contributed by atoms with van der Waals surface area (Å²) < 4.78 is 10.4. The Kier molecular flexibility index (Phi) is 6.87. The molecule has 0 saturated carbocycles. The minimum Gasteiger partial charge on any atom is -0.493 e. The largest absolute Gasteiger partial charge is 0.493 e. The van der Waals surface area contributed by atoms with E-state index in [0.29, 0.717) is 24.5 Å². The fraction of sp³-hybridized carbons (Fsp3) is 0.533. The second kappa shape index (κ2) is 8.43. The van der Waals surface area contributed by atoms with Crippen LogP contribution in [-0.2, 0) is 11.2 Å². The molecule has 1 rings (SSSR count). The van der Waals surface area contributed by atoms with Crippen LogP contribution < -0.4 is 14.8 Å². The van der Waals surface area contributed by atoms with Crippen LogP contribution in [0.15, 0.2) is 18.2 Å². The number of benzene rings is 1. The summed E-state index contributed by atoms with van der Waals surface area (Å²) in [7, 11) is 3.22. The van der Waals surface area contributed by atoms with Crippen LogP contribution in [0, 0.1) is 5.92 Å². The molecule has 0 aliphatic rings. The number of carbonyl (C=O) groups is 1. The molecule has 0 fully saturated rings. The standard InChI is InChI=1S/C15H23NO4/c1-4-12(15(17)18)10-16-8-7-11-5-6-13(19-2)14(9-11)20-3/h5-6,9,12,16H,4,7-8,10H2,1-3H3,(H,17,18)/t12-/m1/s1. The number of carboxylic acid groups (broad SMARTS) is 1. The van der Waals surface area contributed by atoms with Gasteiger partial charge in [0, 0.05) is 6.54 Å². The lowest BCUT2D eigenvalue weighted by Gasteiger charge is -2.12. The first-order valence-corrected chi connectivity index (χ1v) is 6.76. The molecule has 0 bridgehead atoms. The van der Waals surface area contributed by atoms with Gasteiger partial charge in [0.1, 0.15) is 0 Å². The van der Waals surface area contributed by atoms with Crippen molar-refractivity contribution in [1.29, 1.82) is 0 Å². The predicted octanol–water partition coefficient (Wildman–Crippen LogP) is 1.95. The van der Waals surface area contributed by atoms with Crippen molar-refractivity contribution >= 4 is 5.97 Å². The van der Waals surface area contributed by atoms with Gasteiger partial charge >= 0.3 is 5.97 Å². The molecule has 0 aromatic heterocycles. The number of carboxylic acids is 1. The molecule has 2 N–H and O–H groups in total. The summed E-state index contributed by atoms with van der Waals surface area (Å²) in [6.45, 7) is 3.12. The number of hydrogen-bond acceptors (Lipinski definition) is 4. The van der Waals surface area contributed by atoms with Crippen molar-refractivity contribution in [1.82, 2.24) is 5.32 Å². The van der Waals surface area contributed by atoms with Gasteiger partial charge in [0.2, 0.25) is 0 Å². The zero-order valence-electron chi connectivity index (χ0n) is 12.3. The van der Waals surface area contributed by atoms with Gasteiger partial charge in [-0.1, -0.05) is 13.0 Å². The van der Waals surface area contributed by atoms with E-state index in [9.17, 15) is 4.79 Å². The smallest absolute Gasteiger partial charge is 0.307 e. The van der Waals surface area contributed by atoms with E-state index < -0.39 is 5.97 Å². The Hall–Kier alpha value is -1.75. The molecule has 112 valence electrons. The zero-order valence-corrected chi connectivity index (χ0v) is 12.3. The van der Waals surface area contributed by atoms with Gasteiger partial charge in [0.25, 0.3) is 0 Å². The van der Waals surface area contributed by atoms with Gasteiger partial charge in [-0.3, -0.25) is 4.79 Å². The molecule has 0 amide bonds. The maximum Gasteiger partial charge on any atom is 0.307 e. The van der Waals surface area contributed by atoms with Crippen molar-refractivity contribution in [2.24, 2.45) is 5.92 Å². The van der Waals surface area contributed by atoms with Crippen LogP contribution in [0.1, 0.15) is 18.9 Å². The van der Waals surface area contributed by atoms with E-state index in [1.807, 2.05) is 25.1 Å². The first-order valence-electron chi connectivity index (χ1n) is 6.76. The van der Waals surface area contributed by atoms with Crippen molar-refractivity contribution in [2.45, 2.75) is 19.8 Å². The van der Waals surface area contributed by atoms with Crippen LogP contribution in [0.3, 0.4) is 0 Å². The molecule has 0 aliphatic carbocycles. The molecule has 0 heterocycles. The summed E-state index contributed by atoms with van der Waals surface area (Å²) in [6, 6.07) is 5.80. The average molecular weight is 281 g/mol. The van der Waals surface area contributed by atoms with Crippen molar-refractivity contribution < 1.29 is 19.4 Å². The maximum atomic E-state index is 10.9. The van der Waals surface area contributed by atoms with Crippen LogP contribution in [0.2, 0.25) is 0 Å². The highest BCUT2D eigenvalue weighted by Crippen LogP contribution is 2.27. The van der Waals surface area contributed by atoms with Gasteiger partial charge in [-0.2, -0.15) is 0 Å². The number of rotatable bonds is 9. The first kappa shape index (κ1) is 16.3. The predicted molar refractivity (Wildman–Crippen MR) is 77.5 cm³/mol. The van der Waals surface area contributed by atoms with Gasteiger partial charge in [-0.05, 0) is 37.1 Å². The molecule has 1 aromatic carbocycles. The Morgan fingerprint density at radius 1 is 1.30 bits per heavy atom. The highest BCUT2D eigenvalue weighted by atomic mass is 16.5. The average Bonchev–Trinajstić information content (AvgIpc) is 2.46. The lowest BCUT2D eigenvalue weighted by atomic mass is 10.1. The quantitative estimate of drug-likeness (QED) is 0.677. The third-order valence-electron chi connectivity index (χ3n) is 3.27. The van der Waals surface area contributed by atoms with Gasteiger partial charge in [0.05, 0.1) is 20.1 Å². The summed E-state index contributed by atoms with van der Waals surface area (Å²) in [5.74, 6) is 0.356. The van der Waals surface area contributed by atoms with Gasteiger partial charge < -0.3 is 19.9 Å². The van der Waals surface area contributed by atoms with Crippen molar-refractivity contribution in [3.8, 4) is 11.5 Å². The number of aliphatic carboxylic acids is 1. The van der Waals surface area contributed by atoms with E-state index in [-0.39, 0.29) is 5.92 Å². The van der Waals surface area contributed by atoms with Gasteiger partial charge in [-0.15, -0.1) is 0 Å². The number of methoxy groups -OCH3 is 2. The van der Waals surface area contributed by atoms with Crippen molar-refractivity contribution in [3.63, 3.8) is 0 Å². The van der Waals surface area contributed by atoms with Crippen LogP contribution in [0.4, 0.5) is 0 Å². The normalized spacial score (nSPS) is 11.9. The van der Waals surface area contributed by atoms with Gasteiger partial charge in [0.15, 0.2) is 11.5 Å². The Morgan fingerprint density at radius 2 is 2.00 bits per heavy atom. The van der Waals surface area contributed by atoms with E-state index in [2.05, 4.69) is 5.32 Å². The number of nitrogens with one attached hydrogen (secondary N) is 1. The highest BCUT2D eigenvalue weighted by Gasteiger charge is 2.13. The summed E-state index contributed by atoms with van der Waals surface area (Å²) in [6.07, 6.45) is 1.45. The summed E-state index contributed by atoms with van der Waals surface area (Å²) >= 11 is 0. The Morgan fingerprint density at radius 3 is 2.55 bits per heavy atom. The Bertz CT molecular complexity index is 434. The van der Waals surface area contributed by atoms with Crippen LogP contribution >= 0.6 is 0 Å². The maximum absolute atomic E-state index is 10.9. The van der Waals surface area contributed by atoms with E-state index >= 15 is 0 Å². The van der Waals surface area contributed by atoms with Crippen molar-refractivity contribution in [3.05, 3.63) is 23.8 Å². The zero-order chi connectivity index (χ0) is 15.0.